The van der Waals surface area contributed by atoms with Crippen molar-refractivity contribution in [2.75, 3.05) is 0 Å². The molecule has 0 heterocycles. The number of carbonyl (C=O) groups excluding carboxylic acids is 1. The van der Waals surface area contributed by atoms with Crippen LogP contribution in [0.15, 0.2) is 0 Å². The molecule has 2 N–H and O–H groups in total. The number of carbonyl (C=O) groups is 2. The van der Waals surface area contributed by atoms with Crippen LogP contribution in [-0.4, -0.2) is 28.1 Å². The minimum Gasteiger partial charge on any atom is -0.481 e. The number of unbranched alkanes of at least 4 members (excludes halogenated alkanes) is 2. The summed E-state index contributed by atoms with van der Waals surface area (Å²) in [5.74, 6) is -0.526. The van der Waals surface area contributed by atoms with E-state index in [4.69, 9.17) is 15.0 Å². The van der Waals surface area contributed by atoms with Gasteiger partial charge in [0, 0.05) is 13.3 Å². The first kappa shape index (κ1) is 22.3. The highest BCUT2D eigenvalue weighted by Crippen LogP contribution is 1.97. The Labute approximate surface area is 111 Å². The fourth-order valence-electron chi connectivity index (χ4n) is 0.925. The number of ketones is 1. The standard InChI is InChI=1S/C6H14O.C6H12O.C2H4O2/c2*1-3-4-5-6(2)7;1-2(3)4/h6-7H,3-5H2,1-2H3;3-5H2,1-2H3;1H3,(H,3,4)/t6-;;/m1../s1. The van der Waals surface area contributed by atoms with Crippen LogP contribution < -0.4 is 0 Å². The molecule has 0 aromatic heterocycles. The zero-order valence-corrected chi connectivity index (χ0v) is 12.5. The molecule has 4 nitrogen and oxygen atoms in total. The van der Waals surface area contributed by atoms with Gasteiger partial charge in [-0.2, -0.15) is 0 Å². The van der Waals surface area contributed by atoms with Gasteiger partial charge in [-0.15, -0.1) is 0 Å². The number of carboxylic acid groups (broad SMARTS) is 1. The second-order valence-electron chi connectivity index (χ2n) is 4.32. The van der Waals surface area contributed by atoms with Crippen LogP contribution in [0.4, 0.5) is 0 Å². The summed E-state index contributed by atoms with van der Waals surface area (Å²) in [6.07, 6.45) is 6.13. The molecular formula is C14H30O4. The summed E-state index contributed by atoms with van der Waals surface area (Å²) in [7, 11) is 0. The summed E-state index contributed by atoms with van der Waals surface area (Å²) >= 11 is 0. The summed E-state index contributed by atoms with van der Waals surface area (Å²) in [5.41, 5.74) is 0. The van der Waals surface area contributed by atoms with Gasteiger partial charge >= 0.3 is 0 Å². The van der Waals surface area contributed by atoms with Crippen molar-refractivity contribution in [3.63, 3.8) is 0 Å². The second-order valence-corrected chi connectivity index (χ2v) is 4.32. The minimum atomic E-state index is -0.833. The Morgan fingerprint density at radius 3 is 1.56 bits per heavy atom. The second kappa shape index (κ2) is 18.5. The summed E-state index contributed by atoms with van der Waals surface area (Å²) in [6.45, 7) is 8.76. The number of Topliss-reactive ketones (excluding diaryl/α,β-unsaturated/α-hetero) is 1. The number of aliphatic hydroxyl groups is 1. The van der Waals surface area contributed by atoms with Gasteiger partial charge in [0.25, 0.3) is 5.97 Å². The van der Waals surface area contributed by atoms with Crippen molar-refractivity contribution in [3.8, 4) is 0 Å². The number of aliphatic hydroxyl groups excluding tert-OH is 1. The SMILES string of the molecule is CC(=O)O.CCCCC(C)=O.CCCC[C@@H](C)O. The fourth-order valence-corrected chi connectivity index (χ4v) is 0.925. The summed E-state index contributed by atoms with van der Waals surface area (Å²) < 4.78 is 0. The van der Waals surface area contributed by atoms with E-state index in [0.717, 1.165) is 39.0 Å². The fraction of sp³-hybridized carbons (Fsp3) is 0.857. The van der Waals surface area contributed by atoms with Crippen LogP contribution in [0, 0.1) is 0 Å². The van der Waals surface area contributed by atoms with Crippen molar-refractivity contribution in [1.29, 1.82) is 0 Å². The minimum absolute atomic E-state index is 0.0973. The van der Waals surface area contributed by atoms with E-state index in [-0.39, 0.29) is 6.10 Å². The molecule has 0 fully saturated rings. The number of rotatable bonds is 6. The van der Waals surface area contributed by atoms with Gasteiger partial charge in [-0.05, 0) is 26.7 Å². The Morgan fingerprint density at radius 1 is 1.06 bits per heavy atom. The Bertz CT molecular complexity index is 184. The van der Waals surface area contributed by atoms with Crippen molar-refractivity contribution in [3.05, 3.63) is 0 Å². The molecule has 0 saturated heterocycles. The topological polar surface area (TPSA) is 74.6 Å². The molecule has 0 radical (unpaired) electrons. The summed E-state index contributed by atoms with van der Waals surface area (Å²) in [5, 5.41) is 16.1. The van der Waals surface area contributed by atoms with E-state index in [1.54, 1.807) is 6.92 Å². The highest BCUT2D eigenvalue weighted by atomic mass is 16.4. The Kier molecular flexibility index (Phi) is 22.9. The van der Waals surface area contributed by atoms with Gasteiger partial charge in [0.15, 0.2) is 0 Å². The highest BCUT2D eigenvalue weighted by molar-refractivity contribution is 5.75. The third-order valence-electron chi connectivity index (χ3n) is 1.86. The predicted octanol–water partition coefficient (Wildman–Crippen LogP) is 3.41. The van der Waals surface area contributed by atoms with E-state index in [2.05, 4.69) is 13.8 Å². The van der Waals surface area contributed by atoms with E-state index in [0.29, 0.717) is 5.78 Å². The first-order chi connectivity index (χ1) is 8.27. The molecule has 0 spiro atoms. The van der Waals surface area contributed by atoms with Gasteiger partial charge < -0.3 is 15.0 Å². The van der Waals surface area contributed by atoms with Crippen molar-refractivity contribution in [2.24, 2.45) is 0 Å². The van der Waals surface area contributed by atoms with E-state index in [1.165, 1.54) is 6.42 Å². The van der Waals surface area contributed by atoms with Crippen LogP contribution >= 0.6 is 0 Å². The van der Waals surface area contributed by atoms with Crippen LogP contribution in [0.2, 0.25) is 0 Å². The molecule has 1 atom stereocenters. The molecule has 0 aliphatic heterocycles. The lowest BCUT2D eigenvalue weighted by atomic mass is 10.2. The molecule has 0 amide bonds. The van der Waals surface area contributed by atoms with Crippen molar-refractivity contribution < 1.29 is 19.8 Å². The van der Waals surface area contributed by atoms with Gasteiger partial charge in [-0.25, -0.2) is 0 Å². The number of hydrogen-bond donors (Lipinski definition) is 2. The number of hydrogen-bond acceptors (Lipinski definition) is 3. The molecule has 0 aromatic rings. The molecule has 0 aliphatic rings. The van der Waals surface area contributed by atoms with E-state index < -0.39 is 5.97 Å². The molecular weight excluding hydrogens is 232 g/mol. The number of carboxylic acids is 1. The molecule has 110 valence electrons. The largest absolute Gasteiger partial charge is 0.481 e. The average Bonchev–Trinajstić information content (AvgIpc) is 2.23. The molecule has 0 unspecified atom stereocenters. The zero-order valence-electron chi connectivity index (χ0n) is 12.5. The maximum absolute atomic E-state index is 10.2. The highest BCUT2D eigenvalue weighted by Gasteiger charge is 1.90. The Balaban J connectivity index is -0.000000196. The molecule has 0 aliphatic carbocycles. The van der Waals surface area contributed by atoms with Crippen LogP contribution in [0.3, 0.4) is 0 Å². The van der Waals surface area contributed by atoms with Gasteiger partial charge in [0.05, 0.1) is 6.10 Å². The van der Waals surface area contributed by atoms with E-state index >= 15 is 0 Å². The van der Waals surface area contributed by atoms with Gasteiger partial charge in [-0.3, -0.25) is 4.79 Å². The Hall–Kier alpha value is -0.900. The summed E-state index contributed by atoms with van der Waals surface area (Å²) in [4.78, 5) is 19.2. The van der Waals surface area contributed by atoms with Crippen molar-refractivity contribution in [1.82, 2.24) is 0 Å². The van der Waals surface area contributed by atoms with Crippen LogP contribution in [-0.2, 0) is 9.59 Å². The lowest BCUT2D eigenvalue weighted by Crippen LogP contribution is -1.97. The quantitative estimate of drug-likeness (QED) is 0.769. The first-order valence-electron chi connectivity index (χ1n) is 6.64. The third-order valence-corrected chi connectivity index (χ3v) is 1.86. The van der Waals surface area contributed by atoms with Crippen LogP contribution in [0.25, 0.3) is 0 Å². The summed E-state index contributed by atoms with van der Waals surface area (Å²) in [6, 6.07) is 0. The normalized spacial score (nSPS) is 10.3. The van der Waals surface area contributed by atoms with E-state index in [1.807, 2.05) is 6.92 Å². The van der Waals surface area contributed by atoms with Crippen LogP contribution in [0.5, 0.6) is 0 Å². The molecule has 0 aromatic carbocycles. The smallest absolute Gasteiger partial charge is 0.300 e. The van der Waals surface area contributed by atoms with E-state index in [9.17, 15) is 4.79 Å². The van der Waals surface area contributed by atoms with Crippen molar-refractivity contribution in [2.45, 2.75) is 79.2 Å². The third kappa shape index (κ3) is 59.6. The van der Waals surface area contributed by atoms with Gasteiger partial charge in [-0.1, -0.05) is 33.1 Å². The lowest BCUT2D eigenvalue weighted by Gasteiger charge is -1.98. The maximum Gasteiger partial charge on any atom is 0.300 e. The molecule has 0 rings (SSSR count). The average molecular weight is 262 g/mol. The zero-order chi connectivity index (χ0) is 15.0. The molecule has 4 heteroatoms. The molecule has 0 saturated carbocycles. The van der Waals surface area contributed by atoms with Crippen LogP contribution in [0.1, 0.15) is 73.1 Å². The number of aliphatic carboxylic acids is 1. The molecule has 0 bridgehead atoms. The maximum atomic E-state index is 10.2. The predicted molar refractivity (Wildman–Crippen MR) is 74.7 cm³/mol. The lowest BCUT2D eigenvalue weighted by molar-refractivity contribution is -0.134. The van der Waals surface area contributed by atoms with Gasteiger partial charge in [0.2, 0.25) is 0 Å². The van der Waals surface area contributed by atoms with Crippen molar-refractivity contribution >= 4 is 11.8 Å². The monoisotopic (exact) mass is 262 g/mol. The molecule has 18 heavy (non-hydrogen) atoms. The Morgan fingerprint density at radius 2 is 1.44 bits per heavy atom. The van der Waals surface area contributed by atoms with Gasteiger partial charge in [0.1, 0.15) is 5.78 Å². The first-order valence-corrected chi connectivity index (χ1v) is 6.64.